The summed E-state index contributed by atoms with van der Waals surface area (Å²) in [5.41, 5.74) is 1.42. The van der Waals surface area contributed by atoms with Gasteiger partial charge in [0, 0.05) is 32.7 Å². The first-order chi connectivity index (χ1) is 11.8. The molecule has 0 atom stereocenters. The molecule has 3 aromatic heterocycles. The van der Waals surface area contributed by atoms with E-state index in [1.807, 2.05) is 10.7 Å². The van der Waals surface area contributed by atoms with Crippen LogP contribution in [0.15, 0.2) is 34.3 Å². The Morgan fingerprint density at radius 1 is 1.12 bits per heavy atom. The van der Waals surface area contributed by atoms with Crippen molar-refractivity contribution < 1.29 is 0 Å². The molecule has 1 N–H and O–H groups in total. The lowest BCUT2D eigenvalue weighted by atomic mass is 10.2. The Balaban J connectivity index is 1.35. The fraction of sp³-hybridized carbons (Fsp3) is 0.375. The highest BCUT2D eigenvalue weighted by Gasteiger charge is 2.18. The third-order valence-electron chi connectivity index (χ3n) is 4.23. The van der Waals surface area contributed by atoms with E-state index in [9.17, 15) is 0 Å². The molecule has 4 rings (SSSR count). The van der Waals surface area contributed by atoms with Gasteiger partial charge >= 0.3 is 0 Å². The van der Waals surface area contributed by atoms with Crippen molar-refractivity contribution in [3.63, 3.8) is 0 Å². The summed E-state index contributed by atoms with van der Waals surface area (Å²) in [6.45, 7) is 6.13. The van der Waals surface area contributed by atoms with Crippen LogP contribution in [0, 0.1) is 4.77 Å². The zero-order valence-corrected chi connectivity index (χ0v) is 15.7. The Labute approximate surface area is 154 Å². The lowest BCUT2D eigenvalue weighted by Gasteiger charge is -2.34. The molecule has 1 aliphatic rings. The van der Waals surface area contributed by atoms with Gasteiger partial charge in [-0.3, -0.25) is 14.9 Å². The molecule has 0 unspecified atom stereocenters. The number of hydrogen-bond acceptors (Lipinski definition) is 6. The van der Waals surface area contributed by atoms with Crippen molar-refractivity contribution in [2.24, 2.45) is 0 Å². The molecule has 1 saturated heterocycles. The third kappa shape index (κ3) is 3.68. The lowest BCUT2D eigenvalue weighted by Crippen LogP contribution is -2.46. The number of thiophene rings is 2. The summed E-state index contributed by atoms with van der Waals surface area (Å²) in [7, 11) is 0. The van der Waals surface area contributed by atoms with E-state index in [1.54, 1.807) is 22.7 Å². The molecule has 1 fully saturated rings. The Bertz CT molecular complexity index is 810. The number of nitrogens with zero attached hydrogens (tertiary/aromatic N) is 4. The van der Waals surface area contributed by atoms with Crippen LogP contribution in [0.2, 0.25) is 0 Å². The molecule has 4 heterocycles. The molecule has 0 aromatic carbocycles. The summed E-state index contributed by atoms with van der Waals surface area (Å²) in [5, 5.41) is 9.78. The molecule has 0 saturated carbocycles. The molecular formula is C16H19N5S3. The maximum absolute atomic E-state index is 5.40. The first-order valence-corrected chi connectivity index (χ1v) is 10.2. The van der Waals surface area contributed by atoms with Gasteiger partial charge in [0.1, 0.15) is 0 Å². The SMILES string of the molecule is S=c1nc(-c2cccs2)[nH]n1CN1CCN(Cc2ccsc2)CC1. The quantitative estimate of drug-likeness (QED) is 0.691. The maximum Gasteiger partial charge on any atom is 0.217 e. The molecule has 3 aromatic rings. The van der Waals surface area contributed by atoms with Crippen molar-refractivity contribution in [2.75, 3.05) is 26.2 Å². The predicted molar refractivity (Wildman–Crippen MR) is 102 cm³/mol. The summed E-state index contributed by atoms with van der Waals surface area (Å²) in [6, 6.07) is 6.31. The van der Waals surface area contributed by atoms with Crippen LogP contribution in [0.1, 0.15) is 5.56 Å². The van der Waals surface area contributed by atoms with Crippen molar-refractivity contribution in [3.8, 4) is 10.7 Å². The Morgan fingerprint density at radius 2 is 1.96 bits per heavy atom. The molecule has 8 heteroatoms. The topological polar surface area (TPSA) is 40.1 Å². The Hall–Kier alpha value is -1.32. The van der Waals surface area contributed by atoms with Crippen molar-refractivity contribution in [3.05, 3.63) is 44.7 Å². The monoisotopic (exact) mass is 377 g/mol. The van der Waals surface area contributed by atoms with Crippen LogP contribution in [0.3, 0.4) is 0 Å². The van der Waals surface area contributed by atoms with Gasteiger partial charge in [0.15, 0.2) is 5.82 Å². The van der Waals surface area contributed by atoms with Crippen LogP contribution in [0.4, 0.5) is 0 Å². The van der Waals surface area contributed by atoms with Gasteiger partial charge in [-0.25, -0.2) is 4.68 Å². The van der Waals surface area contributed by atoms with Gasteiger partial charge in [-0.2, -0.15) is 16.3 Å². The van der Waals surface area contributed by atoms with E-state index < -0.39 is 0 Å². The second kappa shape index (κ2) is 7.28. The van der Waals surface area contributed by atoms with E-state index in [0.29, 0.717) is 4.77 Å². The minimum atomic E-state index is 0.624. The molecule has 0 amide bonds. The lowest BCUT2D eigenvalue weighted by molar-refractivity contribution is 0.0983. The van der Waals surface area contributed by atoms with Crippen LogP contribution in [-0.2, 0) is 13.2 Å². The molecule has 0 radical (unpaired) electrons. The second-order valence-electron chi connectivity index (χ2n) is 5.93. The molecular weight excluding hydrogens is 358 g/mol. The van der Waals surface area contributed by atoms with Gasteiger partial charge in [-0.15, -0.1) is 11.3 Å². The fourth-order valence-electron chi connectivity index (χ4n) is 2.91. The molecule has 1 aliphatic heterocycles. The summed E-state index contributed by atoms with van der Waals surface area (Å²) < 4.78 is 2.60. The first-order valence-electron chi connectivity index (χ1n) is 7.94. The van der Waals surface area contributed by atoms with E-state index >= 15 is 0 Å². The highest BCUT2D eigenvalue weighted by molar-refractivity contribution is 7.71. The predicted octanol–water partition coefficient (Wildman–Crippen LogP) is 3.51. The fourth-order valence-corrected chi connectivity index (χ4v) is 4.42. The van der Waals surface area contributed by atoms with Gasteiger partial charge in [-0.05, 0) is 46.1 Å². The van der Waals surface area contributed by atoms with E-state index in [2.05, 4.69) is 48.2 Å². The number of piperazine rings is 1. The number of aromatic amines is 1. The van der Waals surface area contributed by atoms with Crippen molar-refractivity contribution in [2.45, 2.75) is 13.2 Å². The van der Waals surface area contributed by atoms with Gasteiger partial charge in [-0.1, -0.05) is 6.07 Å². The van der Waals surface area contributed by atoms with Crippen LogP contribution < -0.4 is 0 Å². The van der Waals surface area contributed by atoms with Crippen molar-refractivity contribution in [1.82, 2.24) is 24.6 Å². The zero-order chi connectivity index (χ0) is 16.4. The Kier molecular flexibility index (Phi) is 4.91. The van der Waals surface area contributed by atoms with E-state index in [4.69, 9.17) is 12.2 Å². The van der Waals surface area contributed by atoms with Crippen LogP contribution in [0.25, 0.3) is 10.7 Å². The molecule has 24 heavy (non-hydrogen) atoms. The average molecular weight is 378 g/mol. The summed E-state index contributed by atoms with van der Waals surface area (Å²) in [4.78, 5) is 10.5. The van der Waals surface area contributed by atoms with Crippen LogP contribution in [0.5, 0.6) is 0 Å². The standard InChI is InChI=1S/C16H19N5S3/c22-16-17-15(14-2-1-8-24-14)18-21(16)12-20-6-4-19(5-7-20)10-13-3-9-23-11-13/h1-3,8-9,11H,4-7,10,12H2,(H,17,18,22). The molecule has 0 aliphatic carbocycles. The summed E-state index contributed by atoms with van der Waals surface area (Å²) >= 11 is 8.85. The van der Waals surface area contributed by atoms with Gasteiger partial charge in [0.05, 0.1) is 11.5 Å². The van der Waals surface area contributed by atoms with Gasteiger partial charge in [0.2, 0.25) is 4.77 Å². The maximum atomic E-state index is 5.40. The largest absolute Gasteiger partial charge is 0.297 e. The number of nitrogens with one attached hydrogen (secondary N) is 1. The summed E-state index contributed by atoms with van der Waals surface area (Å²) in [6.07, 6.45) is 0. The number of aromatic nitrogens is 3. The van der Waals surface area contributed by atoms with Crippen molar-refractivity contribution >= 4 is 34.9 Å². The van der Waals surface area contributed by atoms with E-state index in [1.165, 1.54) is 5.56 Å². The smallest absolute Gasteiger partial charge is 0.217 e. The minimum absolute atomic E-state index is 0.624. The second-order valence-corrected chi connectivity index (χ2v) is 8.02. The number of hydrogen-bond donors (Lipinski definition) is 1. The molecule has 5 nitrogen and oxygen atoms in total. The molecule has 0 bridgehead atoms. The van der Waals surface area contributed by atoms with Crippen LogP contribution in [-0.4, -0.2) is 50.7 Å². The van der Waals surface area contributed by atoms with E-state index in [-0.39, 0.29) is 0 Å². The van der Waals surface area contributed by atoms with Crippen LogP contribution >= 0.6 is 34.9 Å². The first kappa shape index (κ1) is 16.2. The number of rotatable bonds is 5. The Morgan fingerprint density at radius 3 is 2.67 bits per heavy atom. The molecule has 126 valence electrons. The third-order valence-corrected chi connectivity index (χ3v) is 6.15. The van der Waals surface area contributed by atoms with Crippen molar-refractivity contribution in [1.29, 1.82) is 0 Å². The minimum Gasteiger partial charge on any atom is -0.297 e. The van der Waals surface area contributed by atoms with E-state index in [0.717, 1.165) is 50.1 Å². The zero-order valence-electron chi connectivity index (χ0n) is 13.2. The number of H-pyrrole nitrogens is 1. The summed E-state index contributed by atoms with van der Waals surface area (Å²) in [5.74, 6) is 0.867. The van der Waals surface area contributed by atoms with Gasteiger partial charge < -0.3 is 0 Å². The highest BCUT2D eigenvalue weighted by atomic mass is 32.1. The molecule has 0 spiro atoms. The van der Waals surface area contributed by atoms with Gasteiger partial charge in [0.25, 0.3) is 0 Å². The highest BCUT2D eigenvalue weighted by Crippen LogP contribution is 2.20. The normalized spacial score (nSPS) is 16.7. The average Bonchev–Trinajstić information content (AvgIpc) is 3.32.